The molecule has 0 saturated heterocycles. The van der Waals surface area contributed by atoms with E-state index in [1.54, 1.807) is 13.0 Å². The first-order valence-electron chi connectivity index (χ1n) is 13.8. The molecule has 0 amide bonds. The first kappa shape index (κ1) is 26.6. The molecule has 35 heavy (non-hydrogen) atoms. The SMILES string of the molecule is CCOC(=O)[C@]1(O)C[C@@]2(C)C(=C[C@H](O)[C@H]3[C@@H]4CC[C@H]([C@H](C)/C=C/C(C)C(C)C)[C@@]4(C)CC[C@@H]32)C1=O. The minimum absolute atomic E-state index is 0.0376. The molecule has 0 radical (unpaired) electrons. The number of aliphatic hydroxyl groups is 2. The Labute approximate surface area is 211 Å². The maximum atomic E-state index is 13.3. The molecule has 0 aromatic carbocycles. The number of esters is 1. The highest BCUT2D eigenvalue weighted by Gasteiger charge is 2.68. The van der Waals surface area contributed by atoms with Crippen molar-refractivity contribution in [2.24, 2.45) is 52.3 Å². The van der Waals surface area contributed by atoms with Gasteiger partial charge in [0, 0.05) is 17.4 Å². The lowest BCUT2D eigenvalue weighted by atomic mass is 9.48. The van der Waals surface area contributed by atoms with Gasteiger partial charge in [-0.25, -0.2) is 4.79 Å². The number of carbonyl (C=O) groups is 2. The first-order valence-corrected chi connectivity index (χ1v) is 13.8. The van der Waals surface area contributed by atoms with Crippen molar-refractivity contribution in [3.05, 3.63) is 23.8 Å². The van der Waals surface area contributed by atoms with Crippen LogP contribution in [0.25, 0.3) is 0 Å². The summed E-state index contributed by atoms with van der Waals surface area (Å²) >= 11 is 0. The van der Waals surface area contributed by atoms with Crippen LogP contribution >= 0.6 is 0 Å². The fourth-order valence-electron chi connectivity index (χ4n) is 8.51. The van der Waals surface area contributed by atoms with E-state index < -0.39 is 28.9 Å². The van der Waals surface area contributed by atoms with Gasteiger partial charge >= 0.3 is 5.97 Å². The van der Waals surface area contributed by atoms with Gasteiger partial charge in [0.05, 0.1) is 12.7 Å². The summed E-state index contributed by atoms with van der Waals surface area (Å²) in [4.78, 5) is 25.9. The summed E-state index contributed by atoms with van der Waals surface area (Å²) in [7, 11) is 0. The molecule has 3 fully saturated rings. The lowest BCUT2D eigenvalue weighted by Crippen LogP contribution is -2.53. The number of aliphatic hydroxyl groups excluding tert-OH is 1. The summed E-state index contributed by atoms with van der Waals surface area (Å²) in [5.41, 5.74) is -2.20. The van der Waals surface area contributed by atoms with Crippen LogP contribution in [0, 0.1) is 52.3 Å². The fourth-order valence-corrected chi connectivity index (χ4v) is 8.51. The Hall–Kier alpha value is -1.46. The molecule has 2 N–H and O–H groups in total. The molecule has 0 aromatic rings. The summed E-state index contributed by atoms with van der Waals surface area (Å²) < 4.78 is 5.09. The van der Waals surface area contributed by atoms with Gasteiger partial charge < -0.3 is 14.9 Å². The third-order valence-corrected chi connectivity index (χ3v) is 10.8. The Bertz CT molecular complexity index is 920. The molecule has 0 heterocycles. The summed E-state index contributed by atoms with van der Waals surface area (Å²) in [6, 6.07) is 0. The van der Waals surface area contributed by atoms with Gasteiger partial charge in [0.25, 0.3) is 0 Å². The van der Waals surface area contributed by atoms with E-state index in [0.717, 1.165) is 25.7 Å². The van der Waals surface area contributed by atoms with E-state index in [4.69, 9.17) is 4.74 Å². The third kappa shape index (κ3) is 3.96. The number of Topliss-reactive ketones (excluding diaryl/α,β-unsaturated/α-hetero) is 1. The van der Waals surface area contributed by atoms with Crippen molar-refractivity contribution < 1.29 is 24.5 Å². The standard InChI is InChI=1S/C30H46O5/c1-8-35-27(33)30(34)16-29(7)22-13-14-28(6)20(19(5)10-9-18(4)17(2)3)11-12-21(28)25(22)24(31)15-23(29)26(30)32/h9-10,15,17-22,24-25,31,34H,8,11-14,16H2,1-7H3/b10-9+/t18?,19-,20-,21+,22+,24+,25+,28-,29-,30+/m1/s1. The van der Waals surface area contributed by atoms with Crippen molar-refractivity contribution >= 4 is 11.8 Å². The lowest BCUT2D eigenvalue weighted by Gasteiger charge is -2.56. The molecule has 196 valence electrons. The quantitative estimate of drug-likeness (QED) is 0.310. The zero-order valence-electron chi connectivity index (χ0n) is 22.7. The fraction of sp³-hybridized carbons (Fsp3) is 0.800. The number of hydrogen-bond donors (Lipinski definition) is 2. The van der Waals surface area contributed by atoms with Gasteiger partial charge in [-0.05, 0) is 85.5 Å². The second-order valence-corrected chi connectivity index (χ2v) is 12.9. The molecule has 4 aliphatic carbocycles. The predicted molar refractivity (Wildman–Crippen MR) is 136 cm³/mol. The summed E-state index contributed by atoms with van der Waals surface area (Å²) in [5.74, 6) is 1.26. The number of rotatable bonds is 6. The Morgan fingerprint density at radius 1 is 1.14 bits per heavy atom. The van der Waals surface area contributed by atoms with Gasteiger partial charge in [-0.15, -0.1) is 0 Å². The van der Waals surface area contributed by atoms with Crippen LogP contribution in [0.15, 0.2) is 23.8 Å². The Morgan fingerprint density at radius 2 is 1.83 bits per heavy atom. The van der Waals surface area contributed by atoms with Gasteiger partial charge in [0.2, 0.25) is 11.4 Å². The first-order chi connectivity index (χ1) is 16.3. The largest absolute Gasteiger partial charge is 0.464 e. The van der Waals surface area contributed by atoms with E-state index in [9.17, 15) is 19.8 Å². The number of ketones is 1. The van der Waals surface area contributed by atoms with Crippen LogP contribution < -0.4 is 0 Å². The van der Waals surface area contributed by atoms with E-state index in [2.05, 4.69) is 46.8 Å². The highest BCUT2D eigenvalue weighted by Crippen LogP contribution is 2.68. The number of fused-ring (bicyclic) bond motifs is 5. The van der Waals surface area contributed by atoms with Crippen molar-refractivity contribution in [2.75, 3.05) is 6.61 Å². The Morgan fingerprint density at radius 3 is 2.46 bits per heavy atom. The average molecular weight is 487 g/mol. The third-order valence-electron chi connectivity index (χ3n) is 10.8. The smallest absolute Gasteiger partial charge is 0.346 e. The number of ether oxygens (including phenoxy) is 1. The average Bonchev–Trinajstić information content (AvgIpc) is 3.24. The highest BCUT2D eigenvalue weighted by molar-refractivity contribution is 6.18. The van der Waals surface area contributed by atoms with Gasteiger partial charge in [-0.2, -0.15) is 0 Å². The van der Waals surface area contributed by atoms with Crippen LogP contribution in [0.4, 0.5) is 0 Å². The van der Waals surface area contributed by atoms with E-state index in [1.807, 2.05) is 6.92 Å². The monoisotopic (exact) mass is 486 g/mol. The second kappa shape index (κ2) is 9.13. The summed E-state index contributed by atoms with van der Waals surface area (Å²) in [6.45, 7) is 15.4. The van der Waals surface area contributed by atoms with Crippen LogP contribution in [-0.4, -0.2) is 40.3 Å². The molecule has 4 rings (SSSR count). The molecule has 0 aromatic heterocycles. The van der Waals surface area contributed by atoms with Gasteiger partial charge in [-0.3, -0.25) is 4.79 Å². The molecule has 4 aliphatic rings. The number of hydrogen-bond acceptors (Lipinski definition) is 5. The molecule has 0 aliphatic heterocycles. The number of allylic oxidation sites excluding steroid dienone is 2. The Balaban J connectivity index is 1.61. The second-order valence-electron chi connectivity index (χ2n) is 12.9. The molecule has 5 heteroatoms. The van der Waals surface area contributed by atoms with Crippen LogP contribution in [-0.2, 0) is 14.3 Å². The van der Waals surface area contributed by atoms with Crippen LogP contribution in [0.1, 0.15) is 80.6 Å². The lowest BCUT2D eigenvalue weighted by molar-refractivity contribution is -0.169. The van der Waals surface area contributed by atoms with Crippen LogP contribution in [0.2, 0.25) is 0 Å². The summed E-state index contributed by atoms with van der Waals surface area (Å²) in [5, 5.41) is 22.6. The number of carbonyl (C=O) groups excluding carboxylic acids is 2. The minimum Gasteiger partial charge on any atom is -0.464 e. The molecule has 10 atom stereocenters. The molecular weight excluding hydrogens is 440 g/mol. The zero-order valence-corrected chi connectivity index (χ0v) is 22.7. The Kier molecular flexibility index (Phi) is 6.94. The molecule has 3 saturated carbocycles. The highest BCUT2D eigenvalue weighted by atomic mass is 16.5. The summed E-state index contributed by atoms with van der Waals surface area (Å²) in [6.07, 6.45) is 9.96. The van der Waals surface area contributed by atoms with E-state index in [0.29, 0.717) is 35.2 Å². The van der Waals surface area contributed by atoms with Crippen molar-refractivity contribution in [3.8, 4) is 0 Å². The molecule has 5 nitrogen and oxygen atoms in total. The van der Waals surface area contributed by atoms with Gasteiger partial charge in [0.1, 0.15) is 0 Å². The maximum absolute atomic E-state index is 13.3. The molecule has 1 unspecified atom stereocenters. The molecular formula is C30H46O5. The maximum Gasteiger partial charge on any atom is 0.346 e. The van der Waals surface area contributed by atoms with E-state index in [1.165, 1.54) is 0 Å². The minimum atomic E-state index is -2.14. The topological polar surface area (TPSA) is 83.8 Å². The van der Waals surface area contributed by atoms with Crippen molar-refractivity contribution in [1.29, 1.82) is 0 Å². The zero-order chi connectivity index (χ0) is 25.9. The van der Waals surface area contributed by atoms with Crippen molar-refractivity contribution in [3.63, 3.8) is 0 Å². The van der Waals surface area contributed by atoms with Gasteiger partial charge in [-0.1, -0.05) is 53.7 Å². The van der Waals surface area contributed by atoms with E-state index >= 15 is 0 Å². The predicted octanol–water partition coefficient (Wildman–Crippen LogP) is 5.10. The van der Waals surface area contributed by atoms with E-state index in [-0.39, 0.29) is 30.3 Å². The van der Waals surface area contributed by atoms with Crippen molar-refractivity contribution in [2.45, 2.75) is 92.3 Å². The van der Waals surface area contributed by atoms with Gasteiger partial charge in [0.15, 0.2) is 0 Å². The van der Waals surface area contributed by atoms with Crippen LogP contribution in [0.3, 0.4) is 0 Å². The molecule has 0 bridgehead atoms. The molecule has 0 spiro atoms. The normalized spacial score (nSPS) is 44.6. The van der Waals surface area contributed by atoms with Crippen molar-refractivity contribution in [1.82, 2.24) is 0 Å². The van der Waals surface area contributed by atoms with Crippen LogP contribution in [0.5, 0.6) is 0 Å².